The van der Waals surface area contributed by atoms with E-state index < -0.39 is 5.60 Å². The predicted molar refractivity (Wildman–Crippen MR) is 71.0 cm³/mol. The van der Waals surface area contributed by atoms with Crippen molar-refractivity contribution in [2.24, 2.45) is 0 Å². The molecular formula is C14H16BrFO2. The van der Waals surface area contributed by atoms with Crippen molar-refractivity contribution in [1.82, 2.24) is 0 Å². The van der Waals surface area contributed by atoms with Gasteiger partial charge in [-0.25, -0.2) is 4.39 Å². The fraction of sp³-hybridized carbons (Fsp3) is 0.500. The monoisotopic (exact) mass is 314 g/mol. The van der Waals surface area contributed by atoms with Crippen LogP contribution in [0.4, 0.5) is 4.39 Å². The highest BCUT2D eigenvalue weighted by Gasteiger charge is 2.35. The Kier molecular flexibility index (Phi) is 4.17. The standard InChI is InChI=1S/C14H16BrFO2/c1-14(6-2-3-7-18-14)13(17)9-10-4-5-12(16)11(15)8-10/h4-5,8H,2-3,6-7,9H2,1H3. The zero-order chi connectivity index (χ0) is 13.2. The van der Waals surface area contributed by atoms with Crippen molar-refractivity contribution in [3.63, 3.8) is 0 Å². The lowest BCUT2D eigenvalue weighted by atomic mass is 9.88. The number of ether oxygens (including phenoxy) is 1. The van der Waals surface area contributed by atoms with Crippen LogP contribution in [0.5, 0.6) is 0 Å². The minimum Gasteiger partial charge on any atom is -0.367 e. The van der Waals surface area contributed by atoms with Crippen molar-refractivity contribution in [2.75, 3.05) is 6.61 Å². The second-order valence-electron chi connectivity index (χ2n) is 4.88. The summed E-state index contributed by atoms with van der Waals surface area (Å²) in [6.45, 7) is 2.50. The Morgan fingerprint density at radius 1 is 1.50 bits per heavy atom. The maximum absolute atomic E-state index is 13.1. The highest BCUT2D eigenvalue weighted by atomic mass is 79.9. The van der Waals surface area contributed by atoms with Gasteiger partial charge in [-0.15, -0.1) is 0 Å². The lowest BCUT2D eigenvalue weighted by Gasteiger charge is -2.32. The molecule has 1 heterocycles. The van der Waals surface area contributed by atoms with Crippen molar-refractivity contribution in [3.8, 4) is 0 Å². The van der Waals surface area contributed by atoms with Gasteiger partial charge >= 0.3 is 0 Å². The Bertz CT molecular complexity index is 453. The average Bonchev–Trinajstić information content (AvgIpc) is 2.35. The molecule has 1 fully saturated rings. The van der Waals surface area contributed by atoms with Crippen LogP contribution in [0.1, 0.15) is 31.7 Å². The fourth-order valence-corrected chi connectivity index (χ4v) is 2.60. The molecule has 0 aromatic heterocycles. The topological polar surface area (TPSA) is 26.3 Å². The molecule has 0 radical (unpaired) electrons. The van der Waals surface area contributed by atoms with E-state index in [9.17, 15) is 9.18 Å². The van der Waals surface area contributed by atoms with Gasteiger partial charge < -0.3 is 4.74 Å². The van der Waals surface area contributed by atoms with Crippen LogP contribution in [-0.4, -0.2) is 18.0 Å². The smallest absolute Gasteiger partial charge is 0.168 e. The van der Waals surface area contributed by atoms with Gasteiger partial charge in [0.2, 0.25) is 0 Å². The maximum Gasteiger partial charge on any atom is 0.168 e. The van der Waals surface area contributed by atoms with Crippen LogP contribution in [0.3, 0.4) is 0 Å². The van der Waals surface area contributed by atoms with Gasteiger partial charge in [0.15, 0.2) is 5.78 Å². The second kappa shape index (κ2) is 5.49. The van der Waals surface area contributed by atoms with Gasteiger partial charge in [0.1, 0.15) is 11.4 Å². The third kappa shape index (κ3) is 2.98. The van der Waals surface area contributed by atoms with E-state index in [0.29, 0.717) is 11.1 Å². The van der Waals surface area contributed by atoms with E-state index in [1.165, 1.54) is 6.07 Å². The highest BCUT2D eigenvalue weighted by molar-refractivity contribution is 9.10. The van der Waals surface area contributed by atoms with E-state index in [2.05, 4.69) is 15.9 Å². The van der Waals surface area contributed by atoms with E-state index in [1.54, 1.807) is 12.1 Å². The molecule has 1 unspecified atom stereocenters. The lowest BCUT2D eigenvalue weighted by molar-refractivity contribution is -0.147. The Labute approximate surface area is 115 Å². The molecular weight excluding hydrogens is 299 g/mol. The first kappa shape index (κ1) is 13.7. The minimum absolute atomic E-state index is 0.0701. The Morgan fingerprint density at radius 2 is 2.28 bits per heavy atom. The molecule has 0 spiro atoms. The summed E-state index contributed by atoms with van der Waals surface area (Å²) in [6.07, 6.45) is 3.10. The molecule has 1 saturated heterocycles. The summed E-state index contributed by atoms with van der Waals surface area (Å²) < 4.78 is 19.1. The molecule has 1 atom stereocenters. The van der Waals surface area contributed by atoms with Gasteiger partial charge in [-0.1, -0.05) is 6.07 Å². The molecule has 0 amide bonds. The minimum atomic E-state index is -0.668. The highest BCUT2D eigenvalue weighted by Crippen LogP contribution is 2.27. The summed E-state index contributed by atoms with van der Waals surface area (Å²) >= 11 is 3.13. The van der Waals surface area contributed by atoms with Crippen LogP contribution >= 0.6 is 15.9 Å². The zero-order valence-electron chi connectivity index (χ0n) is 10.3. The normalized spacial score (nSPS) is 23.9. The molecule has 1 aromatic carbocycles. The number of ketones is 1. The van der Waals surface area contributed by atoms with Gasteiger partial charge in [-0.2, -0.15) is 0 Å². The van der Waals surface area contributed by atoms with Crippen molar-refractivity contribution in [1.29, 1.82) is 0 Å². The summed E-state index contributed by atoms with van der Waals surface area (Å²) in [4.78, 5) is 12.3. The predicted octanol–water partition coefficient (Wildman–Crippen LogP) is 3.66. The second-order valence-corrected chi connectivity index (χ2v) is 5.74. The van der Waals surface area contributed by atoms with E-state index in [-0.39, 0.29) is 18.0 Å². The Morgan fingerprint density at radius 3 is 2.89 bits per heavy atom. The number of rotatable bonds is 3. The molecule has 98 valence electrons. The molecule has 18 heavy (non-hydrogen) atoms. The maximum atomic E-state index is 13.1. The van der Waals surface area contributed by atoms with Gasteiger partial charge in [0.25, 0.3) is 0 Å². The number of hydrogen-bond donors (Lipinski definition) is 0. The van der Waals surface area contributed by atoms with E-state index in [0.717, 1.165) is 24.8 Å². The molecule has 0 aliphatic carbocycles. The molecule has 0 bridgehead atoms. The SMILES string of the molecule is CC1(C(=O)Cc2ccc(F)c(Br)c2)CCCCO1. The number of hydrogen-bond acceptors (Lipinski definition) is 2. The summed E-state index contributed by atoms with van der Waals surface area (Å²) in [7, 11) is 0. The van der Waals surface area contributed by atoms with Crippen LogP contribution in [-0.2, 0) is 16.0 Å². The summed E-state index contributed by atoms with van der Waals surface area (Å²) in [5.74, 6) is -0.243. The molecule has 0 N–H and O–H groups in total. The fourth-order valence-electron chi connectivity index (χ4n) is 2.18. The molecule has 1 aromatic rings. The summed E-state index contributed by atoms with van der Waals surface area (Å²) in [5.41, 5.74) is 0.141. The summed E-state index contributed by atoms with van der Waals surface area (Å²) in [5, 5.41) is 0. The third-order valence-corrected chi connectivity index (χ3v) is 4.02. The van der Waals surface area contributed by atoms with Crippen molar-refractivity contribution < 1.29 is 13.9 Å². The molecule has 2 rings (SSSR count). The molecule has 0 saturated carbocycles. The van der Waals surface area contributed by atoms with Crippen LogP contribution in [0.2, 0.25) is 0 Å². The zero-order valence-corrected chi connectivity index (χ0v) is 11.9. The first-order valence-electron chi connectivity index (χ1n) is 6.12. The van der Waals surface area contributed by atoms with Gasteiger partial charge in [-0.3, -0.25) is 4.79 Å². The molecule has 2 nitrogen and oxygen atoms in total. The lowest BCUT2D eigenvalue weighted by Crippen LogP contribution is -2.42. The van der Waals surface area contributed by atoms with Gasteiger partial charge in [0, 0.05) is 13.0 Å². The Balaban J connectivity index is 2.08. The van der Waals surface area contributed by atoms with Crippen LogP contribution in [0, 0.1) is 5.82 Å². The van der Waals surface area contributed by atoms with E-state index in [4.69, 9.17) is 4.74 Å². The number of carbonyl (C=O) groups is 1. The van der Waals surface area contributed by atoms with Crippen LogP contribution in [0.25, 0.3) is 0 Å². The Hall–Kier alpha value is -0.740. The number of Topliss-reactive ketones (excluding diaryl/α,β-unsaturated/α-hetero) is 1. The molecule has 4 heteroatoms. The number of benzene rings is 1. The van der Waals surface area contributed by atoms with Crippen molar-refractivity contribution >= 4 is 21.7 Å². The quantitative estimate of drug-likeness (QED) is 0.851. The first-order valence-corrected chi connectivity index (χ1v) is 6.92. The van der Waals surface area contributed by atoms with Crippen molar-refractivity contribution in [2.45, 2.75) is 38.2 Å². The summed E-state index contributed by atoms with van der Waals surface area (Å²) in [6, 6.07) is 4.67. The molecule has 1 aliphatic rings. The van der Waals surface area contributed by atoms with Crippen LogP contribution < -0.4 is 0 Å². The third-order valence-electron chi connectivity index (χ3n) is 3.41. The van der Waals surface area contributed by atoms with Gasteiger partial charge in [-0.05, 0) is 59.8 Å². The van der Waals surface area contributed by atoms with Crippen molar-refractivity contribution in [3.05, 3.63) is 34.1 Å². The molecule has 1 aliphatic heterocycles. The first-order chi connectivity index (χ1) is 8.51. The number of carbonyl (C=O) groups excluding carboxylic acids is 1. The van der Waals surface area contributed by atoms with Gasteiger partial charge in [0.05, 0.1) is 4.47 Å². The van der Waals surface area contributed by atoms with E-state index in [1.807, 2.05) is 6.92 Å². The average molecular weight is 315 g/mol. The van der Waals surface area contributed by atoms with E-state index >= 15 is 0 Å². The largest absolute Gasteiger partial charge is 0.367 e. The van der Waals surface area contributed by atoms with Crippen LogP contribution in [0.15, 0.2) is 22.7 Å². The number of halogens is 2.